The molecule has 29 heavy (non-hydrogen) atoms. The van der Waals surface area contributed by atoms with Gasteiger partial charge in [-0.1, -0.05) is 36.3 Å². The molecule has 4 rings (SSSR count). The van der Waals surface area contributed by atoms with E-state index in [1.165, 1.54) is 18.9 Å². The van der Waals surface area contributed by atoms with Crippen LogP contribution in [-0.2, 0) is 7.05 Å². The molecule has 1 aromatic carbocycles. The van der Waals surface area contributed by atoms with Gasteiger partial charge in [-0.3, -0.25) is 9.48 Å². The summed E-state index contributed by atoms with van der Waals surface area (Å²) >= 11 is 1.10. The highest BCUT2D eigenvalue weighted by Gasteiger charge is 2.23. The van der Waals surface area contributed by atoms with E-state index in [0.29, 0.717) is 16.3 Å². The summed E-state index contributed by atoms with van der Waals surface area (Å²) in [7, 11) is 1.86. The molecule has 1 aliphatic rings. The third-order valence-corrected chi connectivity index (χ3v) is 5.95. The molecule has 1 amide bonds. The normalized spacial score (nSPS) is 14.6. The zero-order chi connectivity index (χ0) is 20.4. The number of benzene rings is 1. The molecule has 1 fully saturated rings. The largest absolute Gasteiger partial charge is 0.389 e. The molecule has 152 valence electrons. The highest BCUT2D eigenvalue weighted by molar-refractivity contribution is 7.19. The van der Waals surface area contributed by atoms with Gasteiger partial charge in [0.1, 0.15) is 21.5 Å². The van der Waals surface area contributed by atoms with Gasteiger partial charge in [0.2, 0.25) is 0 Å². The second-order valence-corrected chi connectivity index (χ2v) is 8.10. The number of hydrogen-bond acceptors (Lipinski definition) is 6. The first kappa shape index (κ1) is 19.4. The van der Waals surface area contributed by atoms with Crippen LogP contribution < -0.4 is 16.0 Å². The summed E-state index contributed by atoms with van der Waals surface area (Å²) in [6, 6.07) is 6.30. The number of rotatable bonds is 4. The number of nitrogens with two attached hydrogens (primary N) is 1. The fourth-order valence-electron chi connectivity index (χ4n) is 3.60. The average Bonchev–Trinajstić information content (AvgIpc) is 3.14. The topological polar surface area (TPSA) is 89.1 Å². The number of nitrogens with zero attached hydrogens (tertiary/aromatic N) is 4. The lowest BCUT2D eigenvalue weighted by Crippen LogP contribution is -2.27. The first-order valence-corrected chi connectivity index (χ1v) is 10.5. The minimum Gasteiger partial charge on any atom is -0.389 e. The molecule has 1 saturated heterocycles. The van der Waals surface area contributed by atoms with E-state index in [1.807, 2.05) is 7.05 Å². The van der Waals surface area contributed by atoms with Crippen LogP contribution >= 0.6 is 11.3 Å². The van der Waals surface area contributed by atoms with Gasteiger partial charge in [-0.05, 0) is 25.0 Å². The lowest BCUT2D eigenvalue weighted by Gasteiger charge is -2.23. The number of anilines is 3. The summed E-state index contributed by atoms with van der Waals surface area (Å²) in [5, 5.41) is 7.84. The Balaban J connectivity index is 1.59. The number of nitrogens with one attached hydrogen (secondary N) is 1. The highest BCUT2D eigenvalue weighted by Crippen LogP contribution is 2.33. The fourth-order valence-corrected chi connectivity index (χ4v) is 4.46. The van der Waals surface area contributed by atoms with E-state index >= 15 is 0 Å². The van der Waals surface area contributed by atoms with Crippen LogP contribution in [-0.4, -0.2) is 33.8 Å². The quantitative estimate of drug-likeness (QED) is 0.676. The fraction of sp³-hybridized carbons (Fsp3) is 0.350. The highest BCUT2D eigenvalue weighted by atomic mass is 32.1. The van der Waals surface area contributed by atoms with E-state index < -0.39 is 11.7 Å². The molecule has 3 aromatic rings. The van der Waals surface area contributed by atoms with Crippen LogP contribution in [0.3, 0.4) is 0 Å². The summed E-state index contributed by atoms with van der Waals surface area (Å²) in [6.45, 7) is 1.86. The SMILES string of the molecule is Cn1ncc(NC(=O)c2nc(-c3ccccc3F)sc2N)c1N1CCCCCC1. The number of nitrogen functional groups attached to an aromatic ring is 1. The van der Waals surface area contributed by atoms with E-state index in [0.717, 1.165) is 43.1 Å². The van der Waals surface area contributed by atoms with Crippen molar-refractivity contribution < 1.29 is 9.18 Å². The Morgan fingerprint density at radius 2 is 1.93 bits per heavy atom. The molecule has 3 N–H and O–H groups in total. The average molecular weight is 415 g/mol. The van der Waals surface area contributed by atoms with Crippen molar-refractivity contribution >= 4 is 33.8 Å². The van der Waals surface area contributed by atoms with Crippen LogP contribution in [0.5, 0.6) is 0 Å². The van der Waals surface area contributed by atoms with Crippen molar-refractivity contribution in [3.8, 4) is 10.6 Å². The Morgan fingerprint density at radius 1 is 1.21 bits per heavy atom. The molecule has 0 saturated carbocycles. The van der Waals surface area contributed by atoms with E-state index in [-0.39, 0.29) is 10.7 Å². The Morgan fingerprint density at radius 3 is 2.66 bits per heavy atom. The Kier molecular flexibility index (Phi) is 5.48. The third kappa shape index (κ3) is 3.95. The van der Waals surface area contributed by atoms with Crippen molar-refractivity contribution in [3.63, 3.8) is 0 Å². The molecule has 7 nitrogen and oxygen atoms in total. The van der Waals surface area contributed by atoms with Gasteiger partial charge >= 0.3 is 0 Å². The number of carbonyl (C=O) groups is 1. The minimum atomic E-state index is -0.426. The van der Waals surface area contributed by atoms with Gasteiger partial charge in [-0.15, -0.1) is 0 Å². The molecule has 9 heteroatoms. The number of carbonyl (C=O) groups excluding carboxylic acids is 1. The number of aryl methyl sites for hydroxylation is 1. The zero-order valence-electron chi connectivity index (χ0n) is 16.2. The summed E-state index contributed by atoms with van der Waals surface area (Å²) in [5.74, 6) is 0.0534. The molecular weight excluding hydrogens is 391 g/mol. The van der Waals surface area contributed by atoms with Gasteiger partial charge in [-0.25, -0.2) is 9.37 Å². The van der Waals surface area contributed by atoms with Crippen molar-refractivity contribution in [1.29, 1.82) is 0 Å². The van der Waals surface area contributed by atoms with Crippen LogP contribution in [0.4, 0.5) is 20.9 Å². The summed E-state index contributed by atoms with van der Waals surface area (Å²) in [5.41, 5.74) is 7.08. The predicted octanol–water partition coefficient (Wildman–Crippen LogP) is 3.90. The van der Waals surface area contributed by atoms with Gasteiger partial charge in [0.15, 0.2) is 11.5 Å². The Hall–Kier alpha value is -2.94. The molecular formula is C20H23FN6OS. The van der Waals surface area contributed by atoms with Gasteiger partial charge < -0.3 is 16.0 Å². The number of aromatic nitrogens is 3. The van der Waals surface area contributed by atoms with Crippen molar-refractivity contribution in [3.05, 3.63) is 42.0 Å². The van der Waals surface area contributed by atoms with Crippen LogP contribution in [0, 0.1) is 5.82 Å². The summed E-state index contributed by atoms with van der Waals surface area (Å²) in [6.07, 6.45) is 6.29. The third-order valence-electron chi connectivity index (χ3n) is 5.03. The lowest BCUT2D eigenvalue weighted by molar-refractivity contribution is 0.102. The van der Waals surface area contributed by atoms with Gasteiger partial charge in [0, 0.05) is 25.7 Å². The second-order valence-electron chi connectivity index (χ2n) is 7.07. The minimum absolute atomic E-state index is 0.0962. The molecule has 0 spiro atoms. The predicted molar refractivity (Wildman–Crippen MR) is 114 cm³/mol. The standard InChI is InChI=1S/C20H23FN6OS/c1-26-20(27-10-6-2-3-7-11-27)15(12-23-26)24-18(28)16-17(22)29-19(25-16)13-8-4-5-9-14(13)21/h4-5,8-9,12H,2-3,6-7,10-11,22H2,1H3,(H,24,28). The number of halogens is 1. The summed E-state index contributed by atoms with van der Waals surface area (Å²) in [4.78, 5) is 19.4. The molecule has 0 unspecified atom stereocenters. The van der Waals surface area contributed by atoms with Crippen LogP contribution in [0.1, 0.15) is 36.2 Å². The van der Waals surface area contributed by atoms with E-state index in [4.69, 9.17) is 5.73 Å². The maximum absolute atomic E-state index is 14.1. The monoisotopic (exact) mass is 414 g/mol. The maximum atomic E-state index is 14.1. The van der Waals surface area contributed by atoms with Crippen molar-refractivity contribution in [2.75, 3.05) is 29.0 Å². The smallest absolute Gasteiger partial charge is 0.277 e. The van der Waals surface area contributed by atoms with Crippen LogP contribution in [0.15, 0.2) is 30.5 Å². The number of hydrogen-bond donors (Lipinski definition) is 2. The van der Waals surface area contributed by atoms with E-state index in [9.17, 15) is 9.18 Å². The van der Waals surface area contributed by atoms with Crippen molar-refractivity contribution in [1.82, 2.24) is 14.8 Å². The summed E-state index contributed by atoms with van der Waals surface area (Å²) < 4.78 is 15.8. The number of thiazole rings is 1. The molecule has 0 radical (unpaired) electrons. The van der Waals surface area contributed by atoms with Gasteiger partial charge in [0.25, 0.3) is 5.91 Å². The second kappa shape index (κ2) is 8.20. The molecule has 2 aromatic heterocycles. The molecule has 3 heterocycles. The van der Waals surface area contributed by atoms with Crippen LogP contribution in [0.25, 0.3) is 10.6 Å². The first-order valence-electron chi connectivity index (χ1n) is 9.64. The zero-order valence-corrected chi connectivity index (χ0v) is 17.0. The van der Waals surface area contributed by atoms with Crippen molar-refractivity contribution in [2.45, 2.75) is 25.7 Å². The van der Waals surface area contributed by atoms with E-state index in [2.05, 4.69) is 20.3 Å². The molecule has 0 aliphatic carbocycles. The Labute approximate surface area is 172 Å². The molecule has 1 aliphatic heterocycles. The maximum Gasteiger partial charge on any atom is 0.277 e. The first-order chi connectivity index (χ1) is 14.0. The lowest BCUT2D eigenvalue weighted by atomic mass is 10.2. The van der Waals surface area contributed by atoms with Gasteiger partial charge in [-0.2, -0.15) is 5.10 Å². The van der Waals surface area contributed by atoms with Gasteiger partial charge in [0.05, 0.1) is 6.20 Å². The molecule has 0 bridgehead atoms. The van der Waals surface area contributed by atoms with Crippen LogP contribution in [0.2, 0.25) is 0 Å². The Bertz CT molecular complexity index is 1020. The molecule has 0 atom stereocenters. The van der Waals surface area contributed by atoms with E-state index in [1.54, 1.807) is 29.1 Å². The van der Waals surface area contributed by atoms with Crippen molar-refractivity contribution in [2.24, 2.45) is 7.05 Å². The number of amides is 1.